The third kappa shape index (κ3) is 5.66. The minimum Gasteiger partial charge on any atom is -0.490 e. The molecule has 1 aromatic heterocycles. The van der Waals surface area contributed by atoms with E-state index in [1.165, 1.54) is 5.56 Å². The van der Waals surface area contributed by atoms with E-state index in [0.717, 1.165) is 31.6 Å². The summed E-state index contributed by atoms with van der Waals surface area (Å²) in [7, 11) is 0. The zero-order chi connectivity index (χ0) is 21.8. The molecule has 1 saturated heterocycles. The SMILES string of the molecule is CC(C)(C)c1ccc(OCC2Cn3cc(CCOC4CCCCO4)c(=O)nc3O2)cc1. The Balaban J connectivity index is 1.28. The second-order valence-electron chi connectivity index (χ2n) is 9.25. The lowest BCUT2D eigenvalue weighted by Crippen LogP contribution is -2.24. The molecule has 1 aromatic carbocycles. The van der Waals surface area contributed by atoms with Gasteiger partial charge in [0, 0.05) is 24.8 Å². The fraction of sp³-hybridized carbons (Fsp3) is 0.583. The number of benzene rings is 1. The van der Waals surface area contributed by atoms with Gasteiger partial charge in [-0.1, -0.05) is 32.9 Å². The first-order chi connectivity index (χ1) is 14.9. The quantitative estimate of drug-likeness (QED) is 0.673. The molecular formula is C24H32N2O5. The first-order valence-corrected chi connectivity index (χ1v) is 11.1. The minimum atomic E-state index is -0.265. The smallest absolute Gasteiger partial charge is 0.300 e. The Morgan fingerprint density at radius 2 is 2.00 bits per heavy atom. The predicted octanol–water partition coefficient (Wildman–Crippen LogP) is 3.47. The number of hydrogen-bond donors (Lipinski definition) is 0. The molecule has 4 rings (SSSR count). The van der Waals surface area contributed by atoms with Crippen molar-refractivity contribution in [1.82, 2.24) is 9.55 Å². The molecular weight excluding hydrogens is 396 g/mol. The second-order valence-corrected chi connectivity index (χ2v) is 9.25. The number of fused-ring (bicyclic) bond motifs is 1. The standard InChI is InChI=1S/C24H32N2O5/c1-24(2,3)18-7-9-19(10-8-18)30-16-20-15-26-14-17(22(27)25-23(26)31-20)11-13-29-21-6-4-5-12-28-21/h7-10,14,20-21H,4-6,11-13,15-16H2,1-3H3. The van der Waals surface area contributed by atoms with Gasteiger partial charge in [0.1, 0.15) is 12.4 Å². The van der Waals surface area contributed by atoms with Crippen LogP contribution in [0.2, 0.25) is 0 Å². The van der Waals surface area contributed by atoms with E-state index in [9.17, 15) is 4.79 Å². The van der Waals surface area contributed by atoms with Gasteiger partial charge in [0.05, 0.1) is 13.2 Å². The van der Waals surface area contributed by atoms with Crippen LogP contribution in [-0.2, 0) is 27.9 Å². The van der Waals surface area contributed by atoms with Crippen molar-refractivity contribution in [3.05, 3.63) is 51.9 Å². The molecule has 0 saturated carbocycles. The molecule has 2 aromatic rings. The van der Waals surface area contributed by atoms with E-state index in [1.54, 1.807) is 0 Å². The normalized spacial score (nSPS) is 20.9. The number of hydrogen-bond acceptors (Lipinski definition) is 6. The summed E-state index contributed by atoms with van der Waals surface area (Å²) in [5, 5.41) is 0. The van der Waals surface area contributed by atoms with Gasteiger partial charge in [-0.05, 0) is 42.4 Å². The van der Waals surface area contributed by atoms with Crippen molar-refractivity contribution in [1.29, 1.82) is 0 Å². The summed E-state index contributed by atoms with van der Waals surface area (Å²) in [6, 6.07) is 8.50. The molecule has 0 N–H and O–H groups in total. The summed E-state index contributed by atoms with van der Waals surface area (Å²) < 4.78 is 24.9. The largest absolute Gasteiger partial charge is 0.490 e. The minimum absolute atomic E-state index is 0.110. The highest BCUT2D eigenvalue weighted by Gasteiger charge is 2.25. The highest BCUT2D eigenvalue weighted by molar-refractivity contribution is 5.31. The first-order valence-electron chi connectivity index (χ1n) is 11.1. The van der Waals surface area contributed by atoms with Gasteiger partial charge in [-0.25, -0.2) is 0 Å². The summed E-state index contributed by atoms with van der Waals surface area (Å²) in [4.78, 5) is 16.4. The lowest BCUT2D eigenvalue weighted by Gasteiger charge is -2.22. The summed E-state index contributed by atoms with van der Waals surface area (Å²) in [6.07, 6.45) is 5.12. The lowest BCUT2D eigenvalue weighted by atomic mass is 9.87. The van der Waals surface area contributed by atoms with E-state index in [0.29, 0.717) is 37.8 Å². The summed E-state index contributed by atoms with van der Waals surface area (Å²) >= 11 is 0. The molecule has 0 bridgehead atoms. The molecule has 2 aliphatic heterocycles. The van der Waals surface area contributed by atoms with E-state index >= 15 is 0 Å². The van der Waals surface area contributed by atoms with Crippen LogP contribution in [0.1, 0.15) is 51.2 Å². The molecule has 168 valence electrons. The fourth-order valence-electron chi connectivity index (χ4n) is 3.79. The molecule has 7 nitrogen and oxygen atoms in total. The van der Waals surface area contributed by atoms with Crippen LogP contribution in [0.4, 0.5) is 0 Å². The van der Waals surface area contributed by atoms with Gasteiger partial charge < -0.3 is 18.9 Å². The van der Waals surface area contributed by atoms with Crippen molar-refractivity contribution < 1.29 is 18.9 Å². The monoisotopic (exact) mass is 428 g/mol. The number of rotatable bonds is 7. The van der Waals surface area contributed by atoms with Gasteiger partial charge in [-0.3, -0.25) is 9.36 Å². The molecule has 0 radical (unpaired) electrons. The summed E-state index contributed by atoms with van der Waals surface area (Å²) in [6.45, 7) is 8.74. The number of nitrogens with zero attached hydrogens (tertiary/aromatic N) is 2. The number of aromatic nitrogens is 2. The molecule has 0 amide bonds. The molecule has 0 aliphatic carbocycles. The van der Waals surface area contributed by atoms with Gasteiger partial charge >= 0.3 is 0 Å². The van der Waals surface area contributed by atoms with Gasteiger partial charge in [0.15, 0.2) is 12.4 Å². The highest BCUT2D eigenvalue weighted by Crippen LogP contribution is 2.25. The Hall–Kier alpha value is -2.38. The van der Waals surface area contributed by atoms with Crippen molar-refractivity contribution in [2.24, 2.45) is 0 Å². The van der Waals surface area contributed by atoms with Crippen LogP contribution in [0.3, 0.4) is 0 Å². The Morgan fingerprint density at radius 1 is 1.19 bits per heavy atom. The van der Waals surface area contributed by atoms with Crippen LogP contribution in [0.5, 0.6) is 11.8 Å². The molecule has 2 unspecified atom stereocenters. The Morgan fingerprint density at radius 3 is 2.71 bits per heavy atom. The average Bonchev–Trinajstić information content (AvgIpc) is 3.14. The maximum Gasteiger partial charge on any atom is 0.300 e. The van der Waals surface area contributed by atoms with E-state index in [4.69, 9.17) is 18.9 Å². The Bertz CT molecular complexity index is 926. The third-order valence-electron chi connectivity index (χ3n) is 5.67. The summed E-state index contributed by atoms with van der Waals surface area (Å²) in [5.74, 6) is 0.804. The van der Waals surface area contributed by atoms with Crippen LogP contribution in [0.15, 0.2) is 35.3 Å². The second kappa shape index (κ2) is 9.40. The summed E-state index contributed by atoms with van der Waals surface area (Å²) in [5.41, 5.74) is 1.74. The predicted molar refractivity (Wildman–Crippen MR) is 117 cm³/mol. The Labute approximate surface area is 183 Å². The molecule has 2 atom stereocenters. The van der Waals surface area contributed by atoms with Crippen molar-refractivity contribution in [3.8, 4) is 11.8 Å². The maximum absolute atomic E-state index is 12.3. The van der Waals surface area contributed by atoms with Crippen LogP contribution >= 0.6 is 0 Å². The first kappa shape index (κ1) is 21.8. The highest BCUT2D eigenvalue weighted by atomic mass is 16.7. The van der Waals surface area contributed by atoms with E-state index in [-0.39, 0.29) is 23.4 Å². The van der Waals surface area contributed by atoms with Crippen LogP contribution in [0, 0.1) is 0 Å². The zero-order valence-corrected chi connectivity index (χ0v) is 18.6. The topological polar surface area (TPSA) is 71.8 Å². The zero-order valence-electron chi connectivity index (χ0n) is 18.6. The Kier molecular flexibility index (Phi) is 6.62. The van der Waals surface area contributed by atoms with Gasteiger partial charge in [0.2, 0.25) is 0 Å². The molecule has 1 fully saturated rings. The average molecular weight is 429 g/mol. The fourth-order valence-corrected chi connectivity index (χ4v) is 3.79. The van der Waals surface area contributed by atoms with Crippen molar-refractivity contribution >= 4 is 0 Å². The van der Waals surface area contributed by atoms with Crippen LogP contribution in [0.25, 0.3) is 0 Å². The van der Waals surface area contributed by atoms with Gasteiger partial charge in [0.25, 0.3) is 11.6 Å². The van der Waals surface area contributed by atoms with Crippen LogP contribution in [-0.4, -0.2) is 41.8 Å². The van der Waals surface area contributed by atoms with Gasteiger partial charge in [-0.2, -0.15) is 4.98 Å². The molecule has 7 heteroatoms. The molecule has 0 spiro atoms. The maximum atomic E-state index is 12.3. The van der Waals surface area contributed by atoms with Crippen LogP contribution < -0.4 is 15.0 Å². The molecule has 3 heterocycles. The van der Waals surface area contributed by atoms with Crippen molar-refractivity contribution in [2.45, 2.75) is 70.8 Å². The third-order valence-corrected chi connectivity index (χ3v) is 5.67. The van der Waals surface area contributed by atoms with E-state index in [2.05, 4.69) is 37.9 Å². The van der Waals surface area contributed by atoms with Gasteiger partial charge in [-0.15, -0.1) is 0 Å². The van der Waals surface area contributed by atoms with Crippen molar-refractivity contribution in [3.63, 3.8) is 0 Å². The van der Waals surface area contributed by atoms with E-state index in [1.807, 2.05) is 22.9 Å². The molecule has 2 aliphatic rings. The van der Waals surface area contributed by atoms with E-state index < -0.39 is 0 Å². The molecule has 31 heavy (non-hydrogen) atoms. The van der Waals surface area contributed by atoms with Crippen molar-refractivity contribution in [2.75, 3.05) is 19.8 Å². The number of ether oxygens (including phenoxy) is 4. The lowest BCUT2D eigenvalue weighted by molar-refractivity contribution is -0.161.